The largest absolute Gasteiger partial charge is 0.492 e. The number of nitrogens with zero attached hydrogens (tertiary/aromatic N) is 3. The third-order valence-corrected chi connectivity index (χ3v) is 5.28. The number of halogens is 3. The van der Waals surface area contributed by atoms with Crippen LogP contribution < -0.4 is 10.1 Å². The Morgan fingerprint density at radius 1 is 1.15 bits per heavy atom. The molecule has 1 aliphatic heterocycles. The number of ether oxygens (including phenoxy) is 2. The van der Waals surface area contributed by atoms with Crippen LogP contribution in [0.5, 0.6) is 5.75 Å². The molecule has 3 aromatic rings. The van der Waals surface area contributed by atoms with E-state index in [0.717, 1.165) is 56.2 Å². The summed E-state index contributed by atoms with van der Waals surface area (Å²) in [4.78, 5) is 14.8. The van der Waals surface area contributed by atoms with Gasteiger partial charge in [0.1, 0.15) is 24.0 Å². The van der Waals surface area contributed by atoms with Gasteiger partial charge in [-0.05, 0) is 36.4 Å². The maximum absolute atomic E-state index is 14.0. The van der Waals surface area contributed by atoms with Crippen molar-refractivity contribution in [1.29, 1.82) is 0 Å². The van der Waals surface area contributed by atoms with Crippen LogP contribution in [0.4, 0.5) is 14.5 Å². The maximum atomic E-state index is 14.0. The summed E-state index contributed by atoms with van der Waals surface area (Å²) in [5.41, 5.74) is 1.76. The predicted octanol–water partition coefficient (Wildman–Crippen LogP) is 3.75. The fourth-order valence-corrected chi connectivity index (χ4v) is 3.55. The Bertz CT molecular complexity index is 1100. The number of benzene rings is 2. The molecule has 33 heavy (non-hydrogen) atoms. The number of aryl methyl sites for hydroxylation is 1. The van der Waals surface area contributed by atoms with Gasteiger partial charge >= 0.3 is 0 Å². The highest BCUT2D eigenvalue weighted by Crippen LogP contribution is 2.32. The molecular weight excluding hydrogens is 454 g/mol. The van der Waals surface area contributed by atoms with Gasteiger partial charge in [0.05, 0.1) is 24.5 Å². The van der Waals surface area contributed by atoms with Crippen molar-refractivity contribution >= 4 is 24.0 Å². The number of carbonyl (C=O) groups excluding carboxylic acids is 1. The lowest BCUT2D eigenvalue weighted by Crippen LogP contribution is -2.38. The molecule has 4 rings (SSSR count). The van der Waals surface area contributed by atoms with Crippen molar-refractivity contribution in [3.8, 4) is 17.0 Å². The number of anilines is 1. The summed E-state index contributed by atoms with van der Waals surface area (Å²) >= 11 is 0. The van der Waals surface area contributed by atoms with Crippen LogP contribution in [-0.4, -0.2) is 60.0 Å². The Morgan fingerprint density at radius 3 is 2.64 bits per heavy atom. The van der Waals surface area contributed by atoms with Gasteiger partial charge in [0, 0.05) is 50.2 Å². The second-order valence-corrected chi connectivity index (χ2v) is 7.43. The molecular formula is C23H25ClF2N4O3. The molecule has 0 aliphatic carbocycles. The molecule has 0 spiro atoms. The smallest absolute Gasteiger partial charge is 0.258 e. The van der Waals surface area contributed by atoms with Crippen molar-refractivity contribution in [3.05, 3.63) is 65.9 Å². The van der Waals surface area contributed by atoms with Crippen LogP contribution in [0.1, 0.15) is 10.4 Å². The Kier molecular flexibility index (Phi) is 8.37. The maximum Gasteiger partial charge on any atom is 0.258 e. The van der Waals surface area contributed by atoms with Crippen LogP contribution in [0.25, 0.3) is 11.3 Å². The molecule has 1 aliphatic rings. The van der Waals surface area contributed by atoms with Crippen molar-refractivity contribution in [1.82, 2.24) is 14.7 Å². The molecule has 0 radical (unpaired) electrons. The van der Waals surface area contributed by atoms with Gasteiger partial charge in [-0.25, -0.2) is 8.78 Å². The first-order valence-electron chi connectivity index (χ1n) is 10.3. The lowest BCUT2D eigenvalue weighted by molar-refractivity contribution is 0.0323. The molecule has 7 nitrogen and oxygen atoms in total. The topological polar surface area (TPSA) is 68.6 Å². The zero-order valence-electron chi connectivity index (χ0n) is 18.1. The fraction of sp³-hybridized carbons (Fsp3) is 0.304. The van der Waals surface area contributed by atoms with Gasteiger partial charge in [-0.15, -0.1) is 12.4 Å². The predicted molar refractivity (Wildman–Crippen MR) is 123 cm³/mol. The van der Waals surface area contributed by atoms with E-state index < -0.39 is 17.5 Å². The van der Waals surface area contributed by atoms with Crippen molar-refractivity contribution in [2.75, 3.05) is 44.8 Å². The molecule has 1 N–H and O–H groups in total. The third kappa shape index (κ3) is 6.07. The van der Waals surface area contributed by atoms with E-state index in [-0.39, 0.29) is 18.0 Å². The molecule has 2 aromatic carbocycles. The molecule has 0 saturated carbocycles. The van der Waals surface area contributed by atoms with Crippen LogP contribution in [-0.2, 0) is 11.8 Å². The normalized spacial score (nSPS) is 13.9. The Morgan fingerprint density at radius 2 is 1.94 bits per heavy atom. The second kappa shape index (κ2) is 11.2. The molecule has 10 heteroatoms. The van der Waals surface area contributed by atoms with Crippen LogP contribution in [0.2, 0.25) is 0 Å². The van der Waals surface area contributed by atoms with E-state index >= 15 is 0 Å². The summed E-state index contributed by atoms with van der Waals surface area (Å²) in [6.07, 6.45) is 1.67. The minimum Gasteiger partial charge on any atom is -0.492 e. The van der Waals surface area contributed by atoms with Gasteiger partial charge < -0.3 is 14.8 Å². The van der Waals surface area contributed by atoms with Gasteiger partial charge in [-0.1, -0.05) is 0 Å². The number of aromatic nitrogens is 2. The first kappa shape index (κ1) is 24.6. The van der Waals surface area contributed by atoms with Crippen LogP contribution in [0, 0.1) is 11.6 Å². The minimum atomic E-state index is -0.919. The number of nitrogens with one attached hydrogen (secondary N) is 1. The molecule has 1 amide bonds. The minimum absolute atomic E-state index is 0. The summed E-state index contributed by atoms with van der Waals surface area (Å²) in [6.45, 7) is 4.48. The average molecular weight is 479 g/mol. The molecule has 0 bridgehead atoms. The molecule has 176 valence electrons. The number of carbonyl (C=O) groups is 1. The van der Waals surface area contributed by atoms with E-state index in [1.165, 1.54) is 0 Å². The summed E-state index contributed by atoms with van der Waals surface area (Å²) in [5.74, 6) is -1.68. The number of rotatable bonds is 7. The Hall–Kier alpha value is -3.01. The lowest BCUT2D eigenvalue weighted by Gasteiger charge is -2.26. The van der Waals surface area contributed by atoms with E-state index in [9.17, 15) is 13.6 Å². The van der Waals surface area contributed by atoms with Gasteiger partial charge in [-0.3, -0.25) is 14.4 Å². The van der Waals surface area contributed by atoms with Gasteiger partial charge in [0.2, 0.25) is 0 Å². The summed E-state index contributed by atoms with van der Waals surface area (Å²) in [6, 6.07) is 9.88. The van der Waals surface area contributed by atoms with Crippen LogP contribution in [0.3, 0.4) is 0 Å². The molecule has 1 fully saturated rings. The molecule has 0 atom stereocenters. The quantitative estimate of drug-likeness (QED) is 0.560. The Balaban J connectivity index is 0.00000306. The Labute approximate surface area is 196 Å². The van der Waals surface area contributed by atoms with E-state index in [2.05, 4.69) is 15.3 Å². The van der Waals surface area contributed by atoms with E-state index in [1.54, 1.807) is 29.1 Å². The second-order valence-electron chi connectivity index (χ2n) is 7.43. The number of hydrogen-bond acceptors (Lipinski definition) is 5. The lowest BCUT2D eigenvalue weighted by atomic mass is 10.1. The molecule has 1 saturated heterocycles. The SMILES string of the molecule is Cl.Cn1nccc1-c1cc(NC(=O)c2ccc(F)cc2F)ccc1OCCN1CCOCC1. The highest BCUT2D eigenvalue weighted by atomic mass is 35.5. The third-order valence-electron chi connectivity index (χ3n) is 5.28. The molecule has 0 unspecified atom stereocenters. The monoisotopic (exact) mass is 478 g/mol. The fourth-order valence-electron chi connectivity index (χ4n) is 3.55. The first-order valence-corrected chi connectivity index (χ1v) is 10.3. The first-order chi connectivity index (χ1) is 15.5. The zero-order chi connectivity index (χ0) is 22.5. The summed E-state index contributed by atoms with van der Waals surface area (Å²) in [7, 11) is 1.81. The van der Waals surface area contributed by atoms with E-state index in [4.69, 9.17) is 9.47 Å². The number of amides is 1. The highest BCUT2D eigenvalue weighted by Gasteiger charge is 2.16. The highest BCUT2D eigenvalue weighted by molar-refractivity contribution is 6.04. The van der Waals surface area contributed by atoms with Crippen LogP contribution in [0.15, 0.2) is 48.7 Å². The van der Waals surface area contributed by atoms with Crippen molar-refractivity contribution in [3.63, 3.8) is 0 Å². The molecule has 2 heterocycles. The summed E-state index contributed by atoms with van der Waals surface area (Å²) in [5, 5.41) is 6.88. The van der Waals surface area contributed by atoms with Crippen LogP contribution >= 0.6 is 12.4 Å². The van der Waals surface area contributed by atoms with Gasteiger partial charge in [0.25, 0.3) is 5.91 Å². The van der Waals surface area contributed by atoms with Crippen molar-refractivity contribution in [2.45, 2.75) is 0 Å². The van der Waals surface area contributed by atoms with Gasteiger partial charge in [-0.2, -0.15) is 5.10 Å². The number of hydrogen-bond donors (Lipinski definition) is 1. The van der Waals surface area contributed by atoms with Crippen molar-refractivity contribution < 1.29 is 23.0 Å². The van der Waals surface area contributed by atoms with Gasteiger partial charge in [0.15, 0.2) is 0 Å². The zero-order valence-corrected chi connectivity index (χ0v) is 18.9. The van der Waals surface area contributed by atoms with E-state index in [1.807, 2.05) is 13.1 Å². The average Bonchev–Trinajstić information content (AvgIpc) is 3.21. The summed E-state index contributed by atoms with van der Waals surface area (Å²) < 4.78 is 40.2. The van der Waals surface area contributed by atoms with Crippen molar-refractivity contribution in [2.24, 2.45) is 7.05 Å². The molecule has 1 aromatic heterocycles. The standard InChI is InChI=1S/C23H24F2N4O3.ClH/c1-28-21(6-7-26-28)19-15-17(27-23(30)18-4-2-16(24)14-20(18)25)3-5-22(19)32-13-10-29-8-11-31-12-9-29;/h2-7,14-15H,8-13H2,1H3,(H,27,30);1H. The van der Waals surface area contributed by atoms with E-state index in [0.29, 0.717) is 24.1 Å². The number of morpholine rings is 1.